The first kappa shape index (κ1) is 21.8. The molecular formula is C15H20BrCl2F3N2O. The van der Waals surface area contributed by atoms with Crippen molar-refractivity contribution in [3.05, 3.63) is 27.7 Å². The second-order valence-corrected chi connectivity index (χ2v) is 6.87. The average molecular weight is 452 g/mol. The first-order valence-electron chi connectivity index (χ1n) is 7.42. The van der Waals surface area contributed by atoms with Crippen molar-refractivity contribution in [2.75, 3.05) is 26.2 Å². The van der Waals surface area contributed by atoms with Gasteiger partial charge in [0.25, 0.3) is 0 Å². The Morgan fingerprint density at radius 3 is 2.25 bits per heavy atom. The Hall–Kier alpha value is -0.210. The molecule has 0 amide bonds. The summed E-state index contributed by atoms with van der Waals surface area (Å²) in [6.45, 7) is 3.22. The van der Waals surface area contributed by atoms with Crippen LogP contribution in [0.4, 0.5) is 13.2 Å². The van der Waals surface area contributed by atoms with Gasteiger partial charge in [-0.25, -0.2) is 0 Å². The fourth-order valence-electron chi connectivity index (χ4n) is 3.18. The largest absolute Gasteiger partial charge is 0.507 e. The number of nitrogens with zero attached hydrogens (tertiary/aromatic N) is 1. The summed E-state index contributed by atoms with van der Waals surface area (Å²) in [7, 11) is 0. The number of phenolic OH excluding ortho intramolecular Hbond substituents is 1. The molecule has 1 atom stereocenters. The van der Waals surface area contributed by atoms with E-state index in [1.54, 1.807) is 6.07 Å². The number of benzene rings is 1. The van der Waals surface area contributed by atoms with Crippen molar-refractivity contribution in [2.24, 2.45) is 5.92 Å². The average Bonchev–Trinajstić information content (AvgIpc) is 3.27. The molecule has 9 heteroatoms. The molecule has 2 N–H and O–H groups in total. The van der Waals surface area contributed by atoms with E-state index < -0.39 is 17.5 Å². The van der Waals surface area contributed by atoms with Crippen LogP contribution in [0.3, 0.4) is 0 Å². The summed E-state index contributed by atoms with van der Waals surface area (Å²) in [6, 6.07) is 2.44. The van der Waals surface area contributed by atoms with Crippen LogP contribution in [0, 0.1) is 5.92 Å². The summed E-state index contributed by atoms with van der Waals surface area (Å²) >= 11 is 3.16. The molecule has 1 aliphatic heterocycles. The van der Waals surface area contributed by atoms with E-state index in [-0.39, 0.29) is 30.9 Å². The maximum atomic E-state index is 13.1. The first-order chi connectivity index (χ1) is 10.4. The van der Waals surface area contributed by atoms with Crippen molar-refractivity contribution < 1.29 is 18.3 Å². The quantitative estimate of drug-likeness (QED) is 0.716. The second kappa shape index (κ2) is 8.45. The fourth-order valence-corrected chi connectivity index (χ4v) is 3.66. The van der Waals surface area contributed by atoms with Crippen molar-refractivity contribution in [1.82, 2.24) is 10.2 Å². The fraction of sp³-hybridized carbons (Fsp3) is 0.600. The van der Waals surface area contributed by atoms with Gasteiger partial charge < -0.3 is 10.4 Å². The summed E-state index contributed by atoms with van der Waals surface area (Å²) < 4.78 is 39.7. The zero-order valence-electron chi connectivity index (χ0n) is 12.8. The number of aromatic hydroxyl groups is 1. The lowest BCUT2D eigenvalue weighted by Crippen LogP contribution is -2.45. The maximum Gasteiger partial charge on any atom is 0.420 e. The molecule has 1 aromatic rings. The van der Waals surface area contributed by atoms with Crippen LogP contribution in [0.5, 0.6) is 5.75 Å². The van der Waals surface area contributed by atoms with Crippen molar-refractivity contribution in [1.29, 1.82) is 0 Å². The third kappa shape index (κ3) is 4.69. The predicted octanol–water partition coefficient (Wildman–Crippen LogP) is 4.37. The van der Waals surface area contributed by atoms with Gasteiger partial charge in [-0.1, -0.05) is 15.9 Å². The number of nitrogens with one attached hydrogen (secondary N) is 1. The number of rotatable bonds is 3. The Kier molecular flexibility index (Phi) is 7.68. The molecule has 0 spiro atoms. The first-order valence-corrected chi connectivity index (χ1v) is 8.21. The smallest absolute Gasteiger partial charge is 0.420 e. The van der Waals surface area contributed by atoms with E-state index in [0.29, 0.717) is 16.0 Å². The highest BCUT2D eigenvalue weighted by molar-refractivity contribution is 9.10. The number of halogens is 6. The lowest BCUT2D eigenvalue weighted by Gasteiger charge is -2.36. The summed E-state index contributed by atoms with van der Waals surface area (Å²) in [4.78, 5) is 2.19. The van der Waals surface area contributed by atoms with E-state index in [2.05, 4.69) is 26.1 Å². The van der Waals surface area contributed by atoms with Crippen molar-refractivity contribution in [3.63, 3.8) is 0 Å². The molecule has 3 rings (SSSR count). The summed E-state index contributed by atoms with van der Waals surface area (Å²) in [5.74, 6) is -0.287. The van der Waals surface area contributed by atoms with E-state index in [0.717, 1.165) is 45.1 Å². The van der Waals surface area contributed by atoms with Crippen LogP contribution in [0.2, 0.25) is 0 Å². The number of hydrogen-bond donors (Lipinski definition) is 2. The zero-order chi connectivity index (χ0) is 15.9. The van der Waals surface area contributed by atoms with Crippen molar-refractivity contribution in [2.45, 2.75) is 25.1 Å². The molecule has 2 fully saturated rings. The van der Waals surface area contributed by atoms with Crippen LogP contribution < -0.4 is 5.32 Å². The number of alkyl halides is 3. The zero-order valence-corrected chi connectivity index (χ0v) is 16.0. The highest BCUT2D eigenvalue weighted by atomic mass is 79.9. The van der Waals surface area contributed by atoms with Crippen LogP contribution in [0.25, 0.3) is 0 Å². The minimum Gasteiger partial charge on any atom is -0.507 e. The van der Waals surface area contributed by atoms with Crippen LogP contribution >= 0.6 is 40.7 Å². The Bertz CT molecular complexity index is 564. The van der Waals surface area contributed by atoms with Crippen molar-refractivity contribution in [3.8, 4) is 5.75 Å². The third-order valence-electron chi connectivity index (χ3n) is 4.34. The van der Waals surface area contributed by atoms with Gasteiger partial charge in [0.1, 0.15) is 5.75 Å². The summed E-state index contributed by atoms with van der Waals surface area (Å²) in [5.41, 5.74) is -0.566. The Labute approximate surface area is 159 Å². The van der Waals surface area contributed by atoms with Crippen LogP contribution in [0.15, 0.2) is 16.6 Å². The lowest BCUT2D eigenvalue weighted by molar-refractivity contribution is -0.138. The van der Waals surface area contributed by atoms with Gasteiger partial charge in [-0.2, -0.15) is 13.2 Å². The molecule has 3 nitrogen and oxygen atoms in total. The summed E-state index contributed by atoms with van der Waals surface area (Å²) in [5, 5.41) is 13.5. The SMILES string of the molecule is Cl.Cl.Oc1c([C@@H](C2CC2)N2CCNCC2)cc(Br)cc1C(F)(F)F. The van der Waals surface area contributed by atoms with Gasteiger partial charge in [0.05, 0.1) is 5.56 Å². The number of phenols is 1. The molecule has 0 unspecified atom stereocenters. The second-order valence-electron chi connectivity index (χ2n) is 5.96. The van der Waals surface area contributed by atoms with Crippen molar-refractivity contribution >= 4 is 40.7 Å². The monoisotopic (exact) mass is 450 g/mol. The van der Waals surface area contributed by atoms with E-state index in [4.69, 9.17) is 0 Å². The topological polar surface area (TPSA) is 35.5 Å². The van der Waals surface area contributed by atoms with Gasteiger partial charge in [0.2, 0.25) is 0 Å². The number of hydrogen-bond acceptors (Lipinski definition) is 3. The molecule has 1 heterocycles. The van der Waals surface area contributed by atoms with E-state index >= 15 is 0 Å². The molecule has 0 radical (unpaired) electrons. The van der Waals surface area contributed by atoms with Crippen LogP contribution in [0.1, 0.15) is 30.0 Å². The Balaban J connectivity index is 0.00000144. The molecule has 2 aliphatic rings. The van der Waals surface area contributed by atoms with Crippen LogP contribution in [-0.2, 0) is 6.18 Å². The maximum absolute atomic E-state index is 13.1. The molecular weight excluding hydrogens is 432 g/mol. The molecule has 138 valence electrons. The lowest BCUT2D eigenvalue weighted by atomic mass is 9.96. The molecule has 1 aliphatic carbocycles. The number of piperazine rings is 1. The molecule has 1 saturated carbocycles. The van der Waals surface area contributed by atoms with E-state index in [9.17, 15) is 18.3 Å². The van der Waals surface area contributed by atoms with E-state index in [1.807, 2.05) is 0 Å². The van der Waals surface area contributed by atoms with Gasteiger partial charge in [-0.3, -0.25) is 4.90 Å². The highest BCUT2D eigenvalue weighted by Crippen LogP contribution is 2.50. The van der Waals surface area contributed by atoms with Crippen LogP contribution in [-0.4, -0.2) is 36.2 Å². The minimum atomic E-state index is -4.56. The normalized spacial score (nSPS) is 20.0. The summed E-state index contributed by atoms with van der Waals surface area (Å²) in [6.07, 6.45) is -2.55. The highest BCUT2D eigenvalue weighted by Gasteiger charge is 2.41. The van der Waals surface area contributed by atoms with Gasteiger partial charge in [-0.15, -0.1) is 24.8 Å². The molecule has 24 heavy (non-hydrogen) atoms. The third-order valence-corrected chi connectivity index (χ3v) is 4.80. The van der Waals surface area contributed by atoms with Gasteiger partial charge in [-0.05, 0) is 30.9 Å². The molecule has 0 bridgehead atoms. The standard InChI is InChI=1S/C15H18BrF3N2O.2ClH/c16-10-7-11(14(22)12(8-10)15(17,18)19)13(9-1-2-9)21-5-3-20-4-6-21;;/h7-9,13,20,22H,1-6H2;2*1H/t13-;;/m1../s1. The van der Waals surface area contributed by atoms with Gasteiger partial charge >= 0.3 is 6.18 Å². The Morgan fingerprint density at radius 1 is 1.17 bits per heavy atom. The Morgan fingerprint density at radius 2 is 1.75 bits per heavy atom. The molecule has 0 aromatic heterocycles. The van der Waals surface area contributed by atoms with Gasteiger partial charge in [0.15, 0.2) is 0 Å². The van der Waals surface area contributed by atoms with E-state index in [1.165, 1.54) is 0 Å². The molecule has 1 saturated heterocycles. The predicted molar refractivity (Wildman–Crippen MR) is 95.2 cm³/mol. The van der Waals surface area contributed by atoms with Gasteiger partial charge in [0, 0.05) is 42.3 Å². The molecule has 1 aromatic carbocycles. The minimum absolute atomic E-state index is 0.